The number of nitrogens with one attached hydrogen (secondary N) is 2. The van der Waals surface area contributed by atoms with E-state index in [1.54, 1.807) is 0 Å². The predicted molar refractivity (Wildman–Crippen MR) is 97.3 cm³/mol. The third kappa shape index (κ3) is 5.02. The number of primary sulfonamides is 1. The van der Waals surface area contributed by atoms with E-state index in [9.17, 15) is 16.8 Å². The van der Waals surface area contributed by atoms with Crippen LogP contribution in [0.15, 0.2) is 63.4 Å². The molecule has 2 aromatic rings. The lowest BCUT2D eigenvalue weighted by Gasteiger charge is -2.12. The van der Waals surface area contributed by atoms with Gasteiger partial charge in [-0.2, -0.15) is 15.6 Å². The van der Waals surface area contributed by atoms with E-state index in [2.05, 4.69) is 15.2 Å². The zero-order chi connectivity index (χ0) is 20.1. The number of rotatable bonds is 6. The van der Waals surface area contributed by atoms with Gasteiger partial charge in [-0.1, -0.05) is 12.1 Å². The van der Waals surface area contributed by atoms with Crippen molar-refractivity contribution in [2.75, 3.05) is 10.1 Å². The molecule has 12 heteroatoms. The highest BCUT2D eigenvalue weighted by molar-refractivity contribution is 7.93. The second kappa shape index (κ2) is 7.84. The molecule has 0 aromatic heterocycles. The summed E-state index contributed by atoms with van der Waals surface area (Å²) in [5.74, 6) is 0. The van der Waals surface area contributed by atoms with E-state index in [-0.39, 0.29) is 21.2 Å². The van der Waals surface area contributed by atoms with Crippen LogP contribution in [0, 0.1) is 22.7 Å². The largest absolute Gasteiger partial charge is 0.280 e. The molecule has 0 atom stereocenters. The van der Waals surface area contributed by atoms with Crippen molar-refractivity contribution < 1.29 is 16.8 Å². The summed E-state index contributed by atoms with van der Waals surface area (Å²) in [4.78, 5) is -0.359. The lowest BCUT2D eigenvalue weighted by molar-refractivity contribution is 0.597. The number of nitriles is 2. The van der Waals surface area contributed by atoms with Gasteiger partial charge >= 0.3 is 0 Å². The van der Waals surface area contributed by atoms with Crippen LogP contribution in [0.5, 0.6) is 0 Å². The van der Waals surface area contributed by atoms with Gasteiger partial charge in [0.15, 0.2) is 0 Å². The molecule has 2 aromatic carbocycles. The van der Waals surface area contributed by atoms with Gasteiger partial charge in [-0.05, 0) is 36.4 Å². The van der Waals surface area contributed by atoms with E-state index in [0.717, 1.165) is 12.1 Å². The van der Waals surface area contributed by atoms with E-state index in [4.69, 9.17) is 15.7 Å². The maximum atomic E-state index is 12.6. The molecule has 0 aliphatic heterocycles. The number of hydrogen-bond acceptors (Lipinski definition) is 8. The van der Waals surface area contributed by atoms with Crippen LogP contribution >= 0.6 is 0 Å². The predicted octanol–water partition coefficient (Wildman–Crippen LogP) is 0.950. The summed E-state index contributed by atoms with van der Waals surface area (Å²) in [6, 6.07) is 13.6. The van der Waals surface area contributed by atoms with Crippen molar-refractivity contribution in [3.05, 3.63) is 48.5 Å². The van der Waals surface area contributed by atoms with Gasteiger partial charge in [0.2, 0.25) is 15.7 Å². The van der Waals surface area contributed by atoms with Gasteiger partial charge in [-0.15, -0.1) is 0 Å². The lowest BCUT2D eigenvalue weighted by atomic mass is 10.3. The van der Waals surface area contributed by atoms with Crippen LogP contribution in [0.4, 0.5) is 11.4 Å². The Labute approximate surface area is 155 Å². The van der Waals surface area contributed by atoms with E-state index >= 15 is 0 Å². The maximum Gasteiger partial charge on any atom is 0.264 e. The van der Waals surface area contributed by atoms with Crippen LogP contribution in [0.3, 0.4) is 0 Å². The Hall–Kier alpha value is -3.45. The summed E-state index contributed by atoms with van der Waals surface area (Å²) >= 11 is 0. The van der Waals surface area contributed by atoms with Crippen molar-refractivity contribution in [1.82, 2.24) is 0 Å². The second-order valence-electron chi connectivity index (χ2n) is 4.97. The van der Waals surface area contributed by atoms with Crippen LogP contribution in [0.25, 0.3) is 0 Å². The topological polar surface area (TPSA) is 178 Å². The third-order valence-electron chi connectivity index (χ3n) is 3.11. The standard InChI is InChI=1S/C15H12N6O4S2/c16-9-12(10-17)19-20-14-3-1-2-4-15(14)27(24,25)21-11-5-7-13(8-6-11)26(18,22)23/h1-8,20-21H,(H2,18,22,23). The fourth-order valence-electron chi connectivity index (χ4n) is 1.91. The van der Waals surface area contributed by atoms with E-state index in [1.807, 2.05) is 0 Å². The Kier molecular flexibility index (Phi) is 5.77. The van der Waals surface area contributed by atoms with Crippen molar-refractivity contribution in [3.8, 4) is 12.1 Å². The van der Waals surface area contributed by atoms with Gasteiger partial charge < -0.3 is 0 Å². The number of sulfonamides is 2. The number of para-hydroxylation sites is 1. The Balaban J connectivity index is 2.34. The highest BCUT2D eigenvalue weighted by Gasteiger charge is 2.19. The summed E-state index contributed by atoms with van der Waals surface area (Å²) in [7, 11) is -7.98. The number of anilines is 2. The monoisotopic (exact) mass is 404 g/mol. The van der Waals surface area contributed by atoms with Gasteiger partial charge in [0.05, 0.1) is 10.6 Å². The smallest absolute Gasteiger partial charge is 0.264 e. The number of hydrogen-bond donors (Lipinski definition) is 3. The molecule has 4 N–H and O–H groups in total. The van der Waals surface area contributed by atoms with Gasteiger partial charge in [0.1, 0.15) is 17.0 Å². The minimum atomic E-state index is -4.08. The average molecular weight is 404 g/mol. The lowest BCUT2D eigenvalue weighted by Crippen LogP contribution is -2.15. The first-order chi connectivity index (χ1) is 12.7. The van der Waals surface area contributed by atoms with Crippen molar-refractivity contribution >= 4 is 37.1 Å². The molecular formula is C15H12N6O4S2. The molecule has 0 fully saturated rings. The van der Waals surface area contributed by atoms with Crippen molar-refractivity contribution in [2.45, 2.75) is 9.79 Å². The van der Waals surface area contributed by atoms with Gasteiger partial charge in [0, 0.05) is 5.69 Å². The molecule has 0 bridgehead atoms. The molecule has 0 heterocycles. The van der Waals surface area contributed by atoms with Crippen LogP contribution < -0.4 is 15.3 Å². The molecule has 138 valence electrons. The first-order valence-electron chi connectivity index (χ1n) is 7.06. The Morgan fingerprint density at radius 3 is 2.11 bits per heavy atom. The SMILES string of the molecule is N#CC(C#N)=NNc1ccccc1S(=O)(=O)Nc1ccc(S(N)(=O)=O)cc1. The molecule has 0 aliphatic rings. The van der Waals surface area contributed by atoms with Crippen molar-refractivity contribution in [2.24, 2.45) is 10.2 Å². The average Bonchev–Trinajstić information content (AvgIpc) is 2.62. The molecule has 0 unspecified atom stereocenters. The van der Waals surface area contributed by atoms with E-state index in [0.29, 0.717) is 0 Å². The molecule has 0 spiro atoms. The van der Waals surface area contributed by atoms with Gasteiger partial charge in [0.25, 0.3) is 10.0 Å². The Bertz CT molecular complexity index is 1160. The van der Waals surface area contributed by atoms with Crippen LogP contribution in [-0.4, -0.2) is 22.5 Å². The Morgan fingerprint density at radius 2 is 1.56 bits per heavy atom. The first kappa shape index (κ1) is 19.9. The first-order valence-corrected chi connectivity index (χ1v) is 10.1. The molecule has 0 saturated heterocycles. The molecule has 0 radical (unpaired) electrons. The minimum absolute atomic E-state index is 0.0363. The van der Waals surface area contributed by atoms with E-state index < -0.39 is 25.8 Å². The molecule has 2 rings (SSSR count). The van der Waals surface area contributed by atoms with Crippen molar-refractivity contribution in [3.63, 3.8) is 0 Å². The second-order valence-corrected chi connectivity index (χ2v) is 8.18. The van der Waals surface area contributed by atoms with Gasteiger partial charge in [-0.3, -0.25) is 10.1 Å². The highest BCUT2D eigenvalue weighted by Crippen LogP contribution is 2.24. The molecule has 10 nitrogen and oxygen atoms in total. The molecule has 27 heavy (non-hydrogen) atoms. The van der Waals surface area contributed by atoms with Gasteiger partial charge in [-0.25, -0.2) is 22.0 Å². The zero-order valence-electron chi connectivity index (χ0n) is 13.5. The quantitative estimate of drug-likeness (QED) is 0.473. The Morgan fingerprint density at radius 1 is 0.963 bits per heavy atom. The maximum absolute atomic E-state index is 12.6. The van der Waals surface area contributed by atoms with Crippen LogP contribution in [0.2, 0.25) is 0 Å². The van der Waals surface area contributed by atoms with Crippen LogP contribution in [0.1, 0.15) is 0 Å². The van der Waals surface area contributed by atoms with E-state index in [1.165, 1.54) is 48.5 Å². The van der Waals surface area contributed by atoms with Crippen LogP contribution in [-0.2, 0) is 20.0 Å². The summed E-state index contributed by atoms with van der Waals surface area (Å²) in [6.45, 7) is 0. The fourth-order valence-corrected chi connectivity index (χ4v) is 3.64. The van der Waals surface area contributed by atoms with Crippen molar-refractivity contribution in [1.29, 1.82) is 10.5 Å². The summed E-state index contributed by atoms with van der Waals surface area (Å²) < 4.78 is 50.0. The number of nitrogens with two attached hydrogens (primary N) is 1. The normalized spacial score (nSPS) is 10.9. The summed E-state index contributed by atoms with van der Waals surface area (Å²) in [6.07, 6.45) is 0. The summed E-state index contributed by atoms with van der Waals surface area (Å²) in [5, 5.41) is 25.9. The minimum Gasteiger partial charge on any atom is -0.280 e. The number of hydrazone groups is 1. The highest BCUT2D eigenvalue weighted by atomic mass is 32.2. The molecule has 0 amide bonds. The summed E-state index contributed by atoms with van der Waals surface area (Å²) in [5.41, 5.74) is 2.03. The zero-order valence-corrected chi connectivity index (χ0v) is 15.1. The third-order valence-corrected chi connectivity index (χ3v) is 5.48. The molecular weight excluding hydrogens is 392 g/mol. The fraction of sp³-hybridized carbons (Fsp3) is 0. The number of nitrogens with zero attached hydrogens (tertiary/aromatic N) is 3. The molecule has 0 aliphatic carbocycles. The number of benzene rings is 2. The molecule has 0 saturated carbocycles.